The highest BCUT2D eigenvalue weighted by Crippen LogP contribution is 2.05. The molecule has 4 heteroatoms. The summed E-state index contributed by atoms with van der Waals surface area (Å²) in [5.74, 6) is -0.674. The molecular weight excluding hydrogens is 170 g/mol. The van der Waals surface area contributed by atoms with Gasteiger partial charge in [0.1, 0.15) is 5.78 Å². The normalized spacial score (nSPS) is 12.9. The Morgan fingerprint density at radius 2 is 1.92 bits per heavy atom. The minimum Gasteiger partial charge on any atom is -0.481 e. The molecule has 76 valence electrons. The van der Waals surface area contributed by atoms with Crippen LogP contribution in [0.3, 0.4) is 0 Å². The molecule has 0 radical (unpaired) electrons. The number of hydrogen-bond acceptors (Lipinski definition) is 3. The fourth-order valence-electron chi connectivity index (χ4n) is 0.994. The van der Waals surface area contributed by atoms with Gasteiger partial charge in [-0.2, -0.15) is 0 Å². The van der Waals surface area contributed by atoms with E-state index in [0.29, 0.717) is 6.42 Å². The molecule has 0 heterocycles. The molecule has 0 amide bonds. The van der Waals surface area contributed by atoms with E-state index < -0.39 is 12.0 Å². The molecule has 0 saturated heterocycles. The summed E-state index contributed by atoms with van der Waals surface area (Å²) >= 11 is 0. The van der Waals surface area contributed by atoms with Crippen LogP contribution >= 0.6 is 0 Å². The van der Waals surface area contributed by atoms with Gasteiger partial charge < -0.3 is 10.8 Å². The summed E-state index contributed by atoms with van der Waals surface area (Å²) in [6, 6.07) is -0.613. The number of aliphatic carboxylic acids is 1. The van der Waals surface area contributed by atoms with Crippen LogP contribution in [0.1, 0.15) is 33.1 Å². The lowest BCUT2D eigenvalue weighted by Gasteiger charge is -2.10. The standard InChI is InChI=1S/C9H17NO3/c1-6(2)5-8(11)7(10)3-4-9(12)13/h6-7H,3-5,10H2,1-2H3,(H,12,13)/t7-/m0/s1. The molecular formula is C9H17NO3. The zero-order valence-corrected chi connectivity index (χ0v) is 8.12. The lowest BCUT2D eigenvalue weighted by Crippen LogP contribution is -2.31. The second-order valence-electron chi connectivity index (χ2n) is 3.60. The van der Waals surface area contributed by atoms with Crippen molar-refractivity contribution in [1.82, 2.24) is 0 Å². The van der Waals surface area contributed by atoms with E-state index in [1.165, 1.54) is 0 Å². The highest BCUT2D eigenvalue weighted by molar-refractivity contribution is 5.84. The third-order valence-electron chi connectivity index (χ3n) is 1.69. The van der Waals surface area contributed by atoms with E-state index in [1.807, 2.05) is 13.8 Å². The van der Waals surface area contributed by atoms with Crippen molar-refractivity contribution in [1.29, 1.82) is 0 Å². The maximum Gasteiger partial charge on any atom is 0.303 e. The van der Waals surface area contributed by atoms with E-state index in [9.17, 15) is 9.59 Å². The van der Waals surface area contributed by atoms with Crippen molar-refractivity contribution in [3.8, 4) is 0 Å². The van der Waals surface area contributed by atoms with Crippen LogP contribution in [0.2, 0.25) is 0 Å². The molecule has 4 nitrogen and oxygen atoms in total. The molecule has 0 saturated carbocycles. The van der Waals surface area contributed by atoms with Gasteiger partial charge in [0, 0.05) is 12.8 Å². The third-order valence-corrected chi connectivity index (χ3v) is 1.69. The molecule has 0 bridgehead atoms. The minimum atomic E-state index is -0.909. The van der Waals surface area contributed by atoms with Crippen LogP contribution in [-0.4, -0.2) is 22.9 Å². The maximum atomic E-state index is 11.2. The van der Waals surface area contributed by atoms with Gasteiger partial charge in [0.2, 0.25) is 0 Å². The average Bonchev–Trinajstić information content (AvgIpc) is 1.98. The van der Waals surface area contributed by atoms with Gasteiger partial charge in [0.25, 0.3) is 0 Å². The molecule has 0 aromatic rings. The topological polar surface area (TPSA) is 80.4 Å². The first kappa shape index (κ1) is 12.1. The van der Waals surface area contributed by atoms with Crippen molar-refractivity contribution in [3.63, 3.8) is 0 Å². The number of carboxylic acids is 1. The summed E-state index contributed by atoms with van der Waals surface area (Å²) in [5, 5.41) is 8.36. The summed E-state index contributed by atoms with van der Waals surface area (Å²) in [4.78, 5) is 21.4. The lowest BCUT2D eigenvalue weighted by atomic mass is 9.99. The Hall–Kier alpha value is -0.900. The minimum absolute atomic E-state index is 0.0367. The van der Waals surface area contributed by atoms with Crippen LogP contribution in [-0.2, 0) is 9.59 Å². The summed E-state index contributed by atoms with van der Waals surface area (Å²) in [7, 11) is 0. The smallest absolute Gasteiger partial charge is 0.303 e. The first-order chi connectivity index (χ1) is 5.93. The van der Waals surface area contributed by atoms with Crippen LogP contribution in [0.15, 0.2) is 0 Å². The Morgan fingerprint density at radius 1 is 1.38 bits per heavy atom. The molecule has 0 unspecified atom stereocenters. The number of carbonyl (C=O) groups excluding carboxylic acids is 1. The number of rotatable bonds is 6. The van der Waals surface area contributed by atoms with Gasteiger partial charge in [0.15, 0.2) is 0 Å². The number of carbonyl (C=O) groups is 2. The SMILES string of the molecule is CC(C)CC(=O)[C@@H](N)CCC(=O)O. The first-order valence-electron chi connectivity index (χ1n) is 4.43. The summed E-state index contributed by atoms with van der Waals surface area (Å²) in [6.45, 7) is 3.86. The van der Waals surface area contributed by atoms with Gasteiger partial charge in [-0.05, 0) is 12.3 Å². The number of nitrogens with two attached hydrogens (primary N) is 1. The van der Waals surface area contributed by atoms with Gasteiger partial charge in [-0.3, -0.25) is 9.59 Å². The molecule has 0 spiro atoms. The molecule has 0 aromatic heterocycles. The molecule has 1 atom stereocenters. The predicted molar refractivity (Wildman–Crippen MR) is 49.3 cm³/mol. The Balaban J connectivity index is 3.76. The first-order valence-corrected chi connectivity index (χ1v) is 4.43. The van der Waals surface area contributed by atoms with Gasteiger partial charge in [-0.15, -0.1) is 0 Å². The largest absolute Gasteiger partial charge is 0.481 e. The quantitative estimate of drug-likeness (QED) is 0.644. The average molecular weight is 187 g/mol. The van der Waals surface area contributed by atoms with Crippen molar-refractivity contribution in [2.24, 2.45) is 11.7 Å². The van der Waals surface area contributed by atoms with Gasteiger partial charge >= 0.3 is 5.97 Å². The van der Waals surface area contributed by atoms with Crippen molar-refractivity contribution in [3.05, 3.63) is 0 Å². The number of Topliss-reactive ketones (excluding diaryl/α,β-unsaturated/α-hetero) is 1. The van der Waals surface area contributed by atoms with Crippen LogP contribution in [0.25, 0.3) is 0 Å². The fraction of sp³-hybridized carbons (Fsp3) is 0.778. The molecule has 0 aromatic carbocycles. The zero-order valence-electron chi connectivity index (χ0n) is 8.12. The monoisotopic (exact) mass is 187 g/mol. The Morgan fingerprint density at radius 3 is 2.31 bits per heavy atom. The van der Waals surface area contributed by atoms with Crippen LogP contribution in [0, 0.1) is 5.92 Å². The van der Waals surface area contributed by atoms with Crippen molar-refractivity contribution in [2.45, 2.75) is 39.2 Å². The maximum absolute atomic E-state index is 11.2. The fourth-order valence-corrected chi connectivity index (χ4v) is 0.994. The van der Waals surface area contributed by atoms with E-state index in [2.05, 4.69) is 0 Å². The van der Waals surface area contributed by atoms with Gasteiger partial charge in [-0.1, -0.05) is 13.8 Å². The molecule has 0 rings (SSSR count). The molecule has 0 fully saturated rings. The lowest BCUT2D eigenvalue weighted by molar-refractivity contribution is -0.137. The Bertz CT molecular complexity index is 189. The zero-order chi connectivity index (χ0) is 10.4. The molecule has 0 aliphatic heterocycles. The van der Waals surface area contributed by atoms with E-state index >= 15 is 0 Å². The second-order valence-corrected chi connectivity index (χ2v) is 3.60. The van der Waals surface area contributed by atoms with E-state index in [1.54, 1.807) is 0 Å². The Labute approximate surface area is 78.1 Å². The number of hydrogen-bond donors (Lipinski definition) is 2. The highest BCUT2D eigenvalue weighted by atomic mass is 16.4. The number of carboxylic acid groups (broad SMARTS) is 1. The Kier molecular flexibility index (Phi) is 5.30. The third kappa shape index (κ3) is 6.28. The molecule has 0 aliphatic rings. The van der Waals surface area contributed by atoms with Gasteiger partial charge in [-0.25, -0.2) is 0 Å². The van der Waals surface area contributed by atoms with Gasteiger partial charge in [0.05, 0.1) is 6.04 Å². The van der Waals surface area contributed by atoms with Crippen LogP contribution in [0.5, 0.6) is 0 Å². The molecule has 0 aliphatic carbocycles. The molecule has 3 N–H and O–H groups in total. The van der Waals surface area contributed by atoms with E-state index in [-0.39, 0.29) is 24.5 Å². The second kappa shape index (κ2) is 5.70. The summed E-state index contributed by atoms with van der Waals surface area (Å²) in [6.07, 6.45) is 0.632. The van der Waals surface area contributed by atoms with Crippen molar-refractivity contribution < 1.29 is 14.7 Å². The van der Waals surface area contributed by atoms with Crippen LogP contribution in [0.4, 0.5) is 0 Å². The van der Waals surface area contributed by atoms with E-state index in [0.717, 1.165) is 0 Å². The van der Waals surface area contributed by atoms with Crippen LogP contribution < -0.4 is 5.73 Å². The summed E-state index contributed by atoms with van der Waals surface area (Å²) in [5.41, 5.74) is 5.50. The number of ketones is 1. The van der Waals surface area contributed by atoms with Crippen molar-refractivity contribution >= 4 is 11.8 Å². The predicted octanol–water partition coefficient (Wildman–Crippen LogP) is 0.794. The summed E-state index contributed by atoms with van der Waals surface area (Å²) < 4.78 is 0. The molecule has 13 heavy (non-hydrogen) atoms. The highest BCUT2D eigenvalue weighted by Gasteiger charge is 2.15. The van der Waals surface area contributed by atoms with E-state index in [4.69, 9.17) is 10.8 Å². The van der Waals surface area contributed by atoms with Crippen molar-refractivity contribution in [2.75, 3.05) is 0 Å².